The highest BCUT2D eigenvalue weighted by atomic mass is 16.5. The lowest BCUT2D eigenvalue weighted by Crippen LogP contribution is -2.33. The van der Waals surface area contributed by atoms with Gasteiger partial charge in [-0.25, -0.2) is 4.98 Å². The van der Waals surface area contributed by atoms with Crippen molar-refractivity contribution >= 4 is 11.5 Å². The van der Waals surface area contributed by atoms with E-state index in [4.69, 9.17) is 10.5 Å². The fraction of sp³-hybridized carbons (Fsp3) is 0.583. The molecule has 1 aliphatic heterocycles. The van der Waals surface area contributed by atoms with E-state index in [1.54, 1.807) is 13.3 Å². The third-order valence-electron chi connectivity index (χ3n) is 3.16. The molecular formula is C12H19N3O. The van der Waals surface area contributed by atoms with Crippen LogP contribution in [-0.2, 0) is 0 Å². The van der Waals surface area contributed by atoms with Gasteiger partial charge in [-0.1, -0.05) is 6.92 Å². The number of methoxy groups -OCH3 is 1. The molecule has 0 bridgehead atoms. The lowest BCUT2D eigenvalue weighted by atomic mass is 9.99. The van der Waals surface area contributed by atoms with Crippen molar-refractivity contribution < 1.29 is 4.74 Å². The van der Waals surface area contributed by atoms with Gasteiger partial charge in [-0.2, -0.15) is 0 Å². The second-order valence-corrected chi connectivity index (χ2v) is 4.46. The fourth-order valence-electron chi connectivity index (χ4n) is 2.06. The Balaban J connectivity index is 2.19. The van der Waals surface area contributed by atoms with Gasteiger partial charge in [0.05, 0.1) is 19.0 Å². The topological polar surface area (TPSA) is 51.4 Å². The lowest BCUT2D eigenvalue weighted by Gasteiger charge is -2.31. The first-order valence-corrected chi connectivity index (χ1v) is 5.75. The summed E-state index contributed by atoms with van der Waals surface area (Å²) in [6, 6.07) is 1.83. The minimum absolute atomic E-state index is 0.644. The van der Waals surface area contributed by atoms with E-state index in [-0.39, 0.29) is 0 Å². The number of rotatable bonds is 2. The molecule has 0 atom stereocenters. The summed E-state index contributed by atoms with van der Waals surface area (Å²) in [4.78, 5) is 6.65. The van der Waals surface area contributed by atoms with Gasteiger partial charge < -0.3 is 15.4 Å². The summed E-state index contributed by atoms with van der Waals surface area (Å²) >= 11 is 0. The number of hydrogen-bond donors (Lipinski definition) is 1. The predicted molar refractivity (Wildman–Crippen MR) is 65.8 cm³/mol. The molecule has 0 amide bonds. The maximum Gasteiger partial charge on any atom is 0.171 e. The lowest BCUT2D eigenvalue weighted by molar-refractivity contribution is 0.401. The minimum Gasteiger partial charge on any atom is -0.493 e. The van der Waals surface area contributed by atoms with Gasteiger partial charge in [0.15, 0.2) is 11.6 Å². The normalized spacial score (nSPS) is 17.5. The van der Waals surface area contributed by atoms with E-state index in [0.29, 0.717) is 5.69 Å². The zero-order valence-electron chi connectivity index (χ0n) is 9.94. The van der Waals surface area contributed by atoms with Crippen molar-refractivity contribution in [2.24, 2.45) is 5.92 Å². The minimum atomic E-state index is 0.644. The first-order chi connectivity index (χ1) is 7.70. The van der Waals surface area contributed by atoms with Crippen LogP contribution in [0.25, 0.3) is 0 Å². The zero-order valence-corrected chi connectivity index (χ0v) is 9.94. The molecule has 2 N–H and O–H groups in total. The zero-order chi connectivity index (χ0) is 11.5. The van der Waals surface area contributed by atoms with E-state index in [1.807, 2.05) is 6.07 Å². The van der Waals surface area contributed by atoms with E-state index in [2.05, 4.69) is 16.8 Å². The average Bonchev–Trinajstić information content (AvgIpc) is 2.30. The number of nitrogen functional groups attached to an aromatic ring is 1. The standard InChI is InChI=1S/C12H19N3O/c1-9-3-5-15(6-4-9)12-11(16-2)7-10(13)8-14-12/h7-9H,3-6,13H2,1-2H3. The predicted octanol–water partition coefficient (Wildman–Crippen LogP) is 1.91. The average molecular weight is 221 g/mol. The van der Waals surface area contributed by atoms with Crippen LogP contribution < -0.4 is 15.4 Å². The fourth-order valence-corrected chi connectivity index (χ4v) is 2.06. The number of ether oxygens (including phenoxy) is 1. The molecule has 88 valence electrons. The highest BCUT2D eigenvalue weighted by Crippen LogP contribution is 2.30. The van der Waals surface area contributed by atoms with Crippen molar-refractivity contribution in [1.29, 1.82) is 0 Å². The maximum atomic E-state index is 5.69. The Labute approximate surface area is 96.4 Å². The van der Waals surface area contributed by atoms with E-state index < -0.39 is 0 Å². The van der Waals surface area contributed by atoms with E-state index in [0.717, 1.165) is 30.6 Å². The first-order valence-electron chi connectivity index (χ1n) is 5.75. The molecule has 2 heterocycles. The van der Waals surface area contributed by atoms with Gasteiger partial charge in [0.1, 0.15) is 0 Å². The van der Waals surface area contributed by atoms with Gasteiger partial charge in [0.2, 0.25) is 0 Å². The van der Waals surface area contributed by atoms with Crippen LogP contribution in [0.2, 0.25) is 0 Å². The molecule has 0 saturated carbocycles. The second kappa shape index (κ2) is 4.60. The van der Waals surface area contributed by atoms with Crippen LogP contribution in [-0.4, -0.2) is 25.2 Å². The van der Waals surface area contributed by atoms with Gasteiger partial charge >= 0.3 is 0 Å². The van der Waals surface area contributed by atoms with Crippen LogP contribution in [0.1, 0.15) is 19.8 Å². The third kappa shape index (κ3) is 2.21. The molecule has 2 rings (SSSR count). The summed E-state index contributed by atoms with van der Waals surface area (Å²) in [5, 5.41) is 0. The van der Waals surface area contributed by atoms with Gasteiger partial charge in [-0.3, -0.25) is 0 Å². The highest BCUT2D eigenvalue weighted by Gasteiger charge is 2.19. The van der Waals surface area contributed by atoms with E-state index in [9.17, 15) is 0 Å². The van der Waals surface area contributed by atoms with Gasteiger partial charge in [-0.15, -0.1) is 0 Å². The number of nitrogens with zero attached hydrogens (tertiary/aromatic N) is 2. The monoisotopic (exact) mass is 221 g/mol. The van der Waals surface area contributed by atoms with Crippen molar-refractivity contribution in [2.75, 3.05) is 30.8 Å². The number of piperidine rings is 1. The third-order valence-corrected chi connectivity index (χ3v) is 3.16. The van der Waals surface area contributed by atoms with Crippen molar-refractivity contribution in [3.8, 4) is 5.75 Å². The number of aromatic nitrogens is 1. The molecule has 1 aromatic rings. The molecule has 0 radical (unpaired) electrons. The Morgan fingerprint density at radius 3 is 2.75 bits per heavy atom. The summed E-state index contributed by atoms with van der Waals surface area (Å²) in [5.74, 6) is 2.51. The smallest absolute Gasteiger partial charge is 0.171 e. The maximum absolute atomic E-state index is 5.69. The Morgan fingerprint density at radius 1 is 1.44 bits per heavy atom. The molecule has 0 aliphatic carbocycles. The highest BCUT2D eigenvalue weighted by molar-refractivity contribution is 5.58. The molecule has 4 nitrogen and oxygen atoms in total. The van der Waals surface area contributed by atoms with E-state index in [1.165, 1.54) is 12.8 Å². The van der Waals surface area contributed by atoms with Crippen molar-refractivity contribution in [3.63, 3.8) is 0 Å². The SMILES string of the molecule is COc1cc(N)cnc1N1CCC(C)CC1. The summed E-state index contributed by atoms with van der Waals surface area (Å²) in [6.45, 7) is 4.40. The van der Waals surface area contributed by atoms with Crippen LogP contribution >= 0.6 is 0 Å². The molecular weight excluding hydrogens is 202 g/mol. The molecule has 0 aromatic carbocycles. The molecule has 1 fully saturated rings. The van der Waals surface area contributed by atoms with Gasteiger partial charge in [-0.05, 0) is 18.8 Å². The van der Waals surface area contributed by atoms with Crippen LogP contribution in [0, 0.1) is 5.92 Å². The Kier molecular flexibility index (Phi) is 3.17. The molecule has 4 heteroatoms. The number of pyridine rings is 1. The number of hydrogen-bond acceptors (Lipinski definition) is 4. The molecule has 0 spiro atoms. The first kappa shape index (κ1) is 11.0. The summed E-state index contributed by atoms with van der Waals surface area (Å²) in [7, 11) is 1.66. The molecule has 1 aromatic heterocycles. The summed E-state index contributed by atoms with van der Waals surface area (Å²) in [5.41, 5.74) is 6.34. The van der Waals surface area contributed by atoms with Crippen molar-refractivity contribution in [3.05, 3.63) is 12.3 Å². The molecule has 1 aliphatic rings. The molecule has 1 saturated heterocycles. The number of nitrogens with two attached hydrogens (primary N) is 1. The van der Waals surface area contributed by atoms with Gasteiger partial charge in [0, 0.05) is 19.2 Å². The van der Waals surface area contributed by atoms with Crippen LogP contribution in [0.15, 0.2) is 12.3 Å². The van der Waals surface area contributed by atoms with E-state index >= 15 is 0 Å². The van der Waals surface area contributed by atoms with Crippen molar-refractivity contribution in [1.82, 2.24) is 4.98 Å². The van der Waals surface area contributed by atoms with Crippen LogP contribution in [0.3, 0.4) is 0 Å². The van der Waals surface area contributed by atoms with Crippen LogP contribution in [0.5, 0.6) is 5.75 Å². The summed E-state index contributed by atoms with van der Waals surface area (Å²) in [6.07, 6.45) is 4.13. The second-order valence-electron chi connectivity index (χ2n) is 4.46. The Hall–Kier alpha value is -1.45. The Bertz CT molecular complexity index is 359. The van der Waals surface area contributed by atoms with Gasteiger partial charge in [0.25, 0.3) is 0 Å². The largest absolute Gasteiger partial charge is 0.493 e. The Morgan fingerprint density at radius 2 is 2.12 bits per heavy atom. The number of anilines is 2. The van der Waals surface area contributed by atoms with Crippen molar-refractivity contribution in [2.45, 2.75) is 19.8 Å². The molecule has 0 unspecified atom stereocenters. The quantitative estimate of drug-likeness (QED) is 0.828. The molecule has 16 heavy (non-hydrogen) atoms. The summed E-state index contributed by atoms with van der Waals surface area (Å²) < 4.78 is 5.32. The van der Waals surface area contributed by atoms with Crippen LogP contribution in [0.4, 0.5) is 11.5 Å².